The molecule has 0 amide bonds. The van der Waals surface area contributed by atoms with Crippen LogP contribution >= 0.6 is 0 Å². The van der Waals surface area contributed by atoms with Crippen LogP contribution in [0.5, 0.6) is 0 Å². The van der Waals surface area contributed by atoms with Crippen molar-refractivity contribution < 1.29 is 0 Å². The lowest BCUT2D eigenvalue weighted by Crippen LogP contribution is -2.07. The summed E-state index contributed by atoms with van der Waals surface area (Å²) in [6.07, 6.45) is 0. The Balaban J connectivity index is 1.75. The molecule has 3 N–H and O–H groups in total. The number of fused-ring (bicyclic) bond motifs is 1. The molecule has 0 saturated heterocycles. The van der Waals surface area contributed by atoms with Crippen LogP contribution < -0.4 is 11.0 Å². The number of anilines is 1. The largest absolute Gasteiger partial charge is 0.347 e. The number of nitrogens with one attached hydrogen (secondary N) is 3. The molecule has 24 heavy (non-hydrogen) atoms. The molecule has 4 aromatic rings. The molecule has 118 valence electrons. The van der Waals surface area contributed by atoms with E-state index < -0.39 is 0 Å². The van der Waals surface area contributed by atoms with E-state index in [0.717, 1.165) is 22.2 Å². The van der Waals surface area contributed by atoms with Crippen LogP contribution in [-0.4, -0.2) is 25.1 Å². The maximum Gasteiger partial charge on any atom is 0.340 e. The van der Waals surface area contributed by atoms with Gasteiger partial charge in [0, 0.05) is 10.9 Å². The van der Waals surface area contributed by atoms with Crippen molar-refractivity contribution in [3.8, 4) is 11.3 Å². The number of H-pyrrole nitrogens is 2. The van der Waals surface area contributed by atoms with Crippen LogP contribution in [0, 0.1) is 0 Å². The highest BCUT2D eigenvalue weighted by atomic mass is 16.1. The second-order valence-corrected chi connectivity index (χ2v) is 5.26. The van der Waals surface area contributed by atoms with Crippen LogP contribution in [0.3, 0.4) is 0 Å². The first-order valence-electron chi connectivity index (χ1n) is 7.49. The zero-order valence-electron chi connectivity index (χ0n) is 12.7. The zero-order valence-corrected chi connectivity index (χ0v) is 12.7. The number of para-hydroxylation sites is 1. The fourth-order valence-electron chi connectivity index (χ4n) is 2.52. The molecule has 7 heteroatoms. The molecule has 0 unspecified atom stereocenters. The molecule has 0 aliphatic carbocycles. The third-order valence-corrected chi connectivity index (χ3v) is 3.61. The predicted octanol–water partition coefficient (Wildman–Crippen LogP) is 2.32. The highest BCUT2D eigenvalue weighted by Crippen LogP contribution is 2.26. The Hall–Kier alpha value is -3.48. The van der Waals surface area contributed by atoms with Gasteiger partial charge in [0.1, 0.15) is 5.82 Å². The molecule has 4 rings (SSSR count). The minimum Gasteiger partial charge on any atom is -0.347 e. The van der Waals surface area contributed by atoms with Crippen LogP contribution in [0.25, 0.3) is 22.2 Å². The van der Waals surface area contributed by atoms with E-state index in [1.165, 1.54) is 0 Å². The Kier molecular flexibility index (Phi) is 3.51. The van der Waals surface area contributed by atoms with Crippen LogP contribution in [0.1, 0.15) is 5.82 Å². The van der Waals surface area contributed by atoms with Gasteiger partial charge < -0.3 is 5.32 Å². The maximum absolute atomic E-state index is 11.1. The first kappa shape index (κ1) is 14.1. The summed E-state index contributed by atoms with van der Waals surface area (Å²) in [6, 6.07) is 17.8. The van der Waals surface area contributed by atoms with Gasteiger partial charge in [-0.3, -0.25) is 4.98 Å². The van der Waals surface area contributed by atoms with Gasteiger partial charge in [0.25, 0.3) is 0 Å². The van der Waals surface area contributed by atoms with Crippen LogP contribution in [0.4, 0.5) is 5.95 Å². The molecule has 0 fully saturated rings. The number of hydrogen-bond donors (Lipinski definition) is 3. The number of rotatable bonds is 4. The first-order valence-corrected chi connectivity index (χ1v) is 7.49. The molecule has 7 nitrogen and oxygen atoms in total. The van der Waals surface area contributed by atoms with Crippen molar-refractivity contribution in [3.63, 3.8) is 0 Å². The molecule has 0 atom stereocenters. The smallest absolute Gasteiger partial charge is 0.340 e. The maximum atomic E-state index is 11.1. The minimum atomic E-state index is -0.337. The van der Waals surface area contributed by atoms with Gasteiger partial charge >= 0.3 is 5.69 Å². The van der Waals surface area contributed by atoms with Crippen LogP contribution in [-0.2, 0) is 6.54 Å². The molecule has 0 radical (unpaired) electrons. The molecule has 0 aliphatic rings. The molecular weight excluding hydrogens is 304 g/mol. The molecule has 2 heterocycles. The second kappa shape index (κ2) is 5.96. The first-order chi connectivity index (χ1) is 11.8. The van der Waals surface area contributed by atoms with E-state index in [0.29, 0.717) is 18.3 Å². The Morgan fingerprint density at radius 1 is 0.958 bits per heavy atom. The average Bonchev–Trinajstić information content (AvgIpc) is 3.05. The molecular formula is C17H14N6O. The lowest BCUT2D eigenvalue weighted by atomic mass is 10.1. The van der Waals surface area contributed by atoms with E-state index in [1.54, 1.807) is 0 Å². The van der Waals surface area contributed by atoms with E-state index in [1.807, 2.05) is 54.6 Å². The summed E-state index contributed by atoms with van der Waals surface area (Å²) in [5.41, 5.74) is 2.40. The van der Waals surface area contributed by atoms with Gasteiger partial charge in [-0.25, -0.2) is 19.9 Å². The molecule has 0 saturated carbocycles. The SMILES string of the molecule is O=c1[nH]nc(CNc2nc(-c3ccccc3)c3ccccc3n2)[nH]1. The number of benzene rings is 2. The molecule has 0 bridgehead atoms. The molecule has 0 spiro atoms. The fraction of sp³-hybridized carbons (Fsp3) is 0.0588. The van der Waals surface area contributed by atoms with Gasteiger partial charge in [0.05, 0.1) is 17.8 Å². The van der Waals surface area contributed by atoms with Gasteiger partial charge in [0.15, 0.2) is 0 Å². The minimum absolute atomic E-state index is 0.325. The highest BCUT2D eigenvalue weighted by molar-refractivity contribution is 5.93. The van der Waals surface area contributed by atoms with E-state index in [9.17, 15) is 4.79 Å². The third kappa shape index (κ3) is 2.74. The standard InChI is InChI=1S/C17H14N6O/c24-17-20-14(22-23-17)10-18-16-19-13-9-5-4-8-12(13)15(21-16)11-6-2-1-3-7-11/h1-9H,10H2,(H,18,19,21)(H2,20,22,23,24). The molecule has 2 aromatic heterocycles. The zero-order chi connectivity index (χ0) is 16.4. The van der Waals surface area contributed by atoms with Gasteiger partial charge in [-0.15, -0.1) is 0 Å². The lowest BCUT2D eigenvalue weighted by molar-refractivity contribution is 0.939. The van der Waals surface area contributed by atoms with Gasteiger partial charge in [-0.2, -0.15) is 5.10 Å². The number of nitrogens with zero attached hydrogens (tertiary/aromatic N) is 3. The van der Waals surface area contributed by atoms with E-state index in [2.05, 4.69) is 30.5 Å². The summed E-state index contributed by atoms with van der Waals surface area (Å²) in [7, 11) is 0. The van der Waals surface area contributed by atoms with Crippen molar-refractivity contribution in [3.05, 3.63) is 70.9 Å². The summed E-state index contributed by atoms with van der Waals surface area (Å²) >= 11 is 0. The molecule has 2 aromatic carbocycles. The summed E-state index contributed by atoms with van der Waals surface area (Å²) in [6.45, 7) is 0.325. The van der Waals surface area contributed by atoms with Gasteiger partial charge in [-0.1, -0.05) is 48.5 Å². The van der Waals surface area contributed by atoms with Crippen molar-refractivity contribution >= 4 is 16.9 Å². The van der Waals surface area contributed by atoms with Crippen LogP contribution in [0.2, 0.25) is 0 Å². The fourth-order valence-corrected chi connectivity index (χ4v) is 2.52. The topological polar surface area (TPSA) is 99.3 Å². The Morgan fingerprint density at radius 3 is 2.54 bits per heavy atom. The van der Waals surface area contributed by atoms with E-state index >= 15 is 0 Å². The summed E-state index contributed by atoms with van der Waals surface area (Å²) in [5, 5.41) is 10.3. The number of aromatic amines is 2. The summed E-state index contributed by atoms with van der Waals surface area (Å²) < 4.78 is 0. The molecule has 0 aliphatic heterocycles. The quantitative estimate of drug-likeness (QED) is 0.536. The van der Waals surface area contributed by atoms with Gasteiger partial charge in [-0.05, 0) is 6.07 Å². The van der Waals surface area contributed by atoms with Crippen LogP contribution in [0.15, 0.2) is 59.4 Å². The normalized spacial score (nSPS) is 10.8. The average molecular weight is 318 g/mol. The van der Waals surface area contributed by atoms with Crippen molar-refractivity contribution in [1.82, 2.24) is 25.1 Å². The van der Waals surface area contributed by atoms with E-state index in [-0.39, 0.29) is 5.69 Å². The Labute approximate surface area is 136 Å². The summed E-state index contributed by atoms with van der Waals surface area (Å²) in [5.74, 6) is 0.981. The van der Waals surface area contributed by atoms with E-state index in [4.69, 9.17) is 0 Å². The highest BCUT2D eigenvalue weighted by Gasteiger charge is 2.09. The van der Waals surface area contributed by atoms with Crippen molar-refractivity contribution in [2.24, 2.45) is 0 Å². The predicted molar refractivity (Wildman–Crippen MR) is 91.5 cm³/mol. The van der Waals surface area contributed by atoms with Crippen molar-refractivity contribution in [2.45, 2.75) is 6.54 Å². The lowest BCUT2D eigenvalue weighted by Gasteiger charge is -2.09. The van der Waals surface area contributed by atoms with Crippen molar-refractivity contribution in [1.29, 1.82) is 0 Å². The number of aromatic nitrogens is 5. The van der Waals surface area contributed by atoms with Gasteiger partial charge in [0.2, 0.25) is 5.95 Å². The monoisotopic (exact) mass is 318 g/mol. The number of hydrogen-bond acceptors (Lipinski definition) is 5. The Bertz CT molecular complexity index is 1040. The Morgan fingerprint density at radius 2 is 1.75 bits per heavy atom. The third-order valence-electron chi connectivity index (χ3n) is 3.61. The summed E-state index contributed by atoms with van der Waals surface area (Å²) in [4.78, 5) is 22.8. The van der Waals surface area contributed by atoms with Crippen molar-refractivity contribution in [2.75, 3.05) is 5.32 Å². The second-order valence-electron chi connectivity index (χ2n) is 5.26.